The van der Waals surface area contributed by atoms with Crippen LogP contribution in [-0.2, 0) is 0 Å². The van der Waals surface area contributed by atoms with Gasteiger partial charge >= 0.3 is 0 Å². The van der Waals surface area contributed by atoms with Crippen molar-refractivity contribution < 1.29 is 0 Å². The summed E-state index contributed by atoms with van der Waals surface area (Å²) >= 11 is 1.36. The molecule has 2 aromatic heterocycles. The molecular formula is C9H7N3S. The molecule has 0 aromatic carbocycles. The molecule has 0 unspecified atom stereocenters. The van der Waals surface area contributed by atoms with Gasteiger partial charge in [-0.05, 0) is 18.6 Å². The van der Waals surface area contributed by atoms with E-state index >= 15 is 0 Å². The van der Waals surface area contributed by atoms with Crippen LogP contribution in [0.4, 0.5) is 5.00 Å². The highest BCUT2D eigenvalue weighted by Crippen LogP contribution is 2.32. The molecule has 2 aromatic rings. The standard InChI is InChI=1S/C9H7N3S/c1-5-2-3-12-9-7(5)6(4-10)8(11)13-9/h2-3H,11H2,1H3. The zero-order valence-electron chi connectivity index (χ0n) is 7.03. The number of nitriles is 1. The lowest BCUT2D eigenvalue weighted by molar-refractivity contribution is 1.39. The summed E-state index contributed by atoms with van der Waals surface area (Å²) in [5, 5.41) is 10.3. The normalized spacial score (nSPS) is 10.2. The monoisotopic (exact) mass is 189 g/mol. The van der Waals surface area contributed by atoms with Gasteiger partial charge in [0.15, 0.2) is 0 Å². The van der Waals surface area contributed by atoms with E-state index in [1.54, 1.807) is 6.20 Å². The molecule has 2 heterocycles. The predicted octanol–water partition coefficient (Wildman–Crippen LogP) is 2.06. The second-order valence-corrected chi connectivity index (χ2v) is 3.79. The molecule has 4 heteroatoms. The van der Waals surface area contributed by atoms with Crippen LogP contribution < -0.4 is 5.73 Å². The SMILES string of the molecule is Cc1ccnc2sc(N)c(C#N)c12. The van der Waals surface area contributed by atoms with Crippen LogP contribution in [0.15, 0.2) is 12.3 Å². The molecule has 13 heavy (non-hydrogen) atoms. The van der Waals surface area contributed by atoms with E-state index in [0.717, 1.165) is 15.8 Å². The van der Waals surface area contributed by atoms with Crippen molar-refractivity contribution in [3.8, 4) is 6.07 Å². The van der Waals surface area contributed by atoms with Gasteiger partial charge in [0.1, 0.15) is 15.9 Å². The molecule has 0 aliphatic carbocycles. The van der Waals surface area contributed by atoms with Gasteiger partial charge in [0.05, 0.1) is 5.56 Å². The minimum absolute atomic E-state index is 0.555. The van der Waals surface area contributed by atoms with Crippen molar-refractivity contribution in [3.05, 3.63) is 23.4 Å². The fourth-order valence-corrected chi connectivity index (χ4v) is 2.24. The van der Waals surface area contributed by atoms with E-state index in [1.807, 2.05) is 13.0 Å². The quantitative estimate of drug-likeness (QED) is 0.690. The molecular weight excluding hydrogens is 182 g/mol. The van der Waals surface area contributed by atoms with E-state index in [4.69, 9.17) is 11.0 Å². The van der Waals surface area contributed by atoms with Crippen LogP contribution in [0.1, 0.15) is 11.1 Å². The third-order valence-corrected chi connectivity index (χ3v) is 2.87. The van der Waals surface area contributed by atoms with Crippen LogP contribution in [0, 0.1) is 18.3 Å². The van der Waals surface area contributed by atoms with Crippen LogP contribution >= 0.6 is 11.3 Å². The van der Waals surface area contributed by atoms with Gasteiger partial charge < -0.3 is 5.73 Å². The zero-order valence-corrected chi connectivity index (χ0v) is 7.85. The number of thiophene rings is 1. The molecule has 0 saturated heterocycles. The van der Waals surface area contributed by atoms with E-state index in [2.05, 4.69) is 11.1 Å². The van der Waals surface area contributed by atoms with Crippen molar-refractivity contribution >= 4 is 26.6 Å². The Labute approximate surface area is 79.4 Å². The van der Waals surface area contributed by atoms with E-state index in [0.29, 0.717) is 10.6 Å². The number of fused-ring (bicyclic) bond motifs is 1. The van der Waals surface area contributed by atoms with Crippen molar-refractivity contribution in [2.24, 2.45) is 0 Å². The summed E-state index contributed by atoms with van der Waals surface area (Å²) in [4.78, 5) is 5.00. The topological polar surface area (TPSA) is 62.7 Å². The highest BCUT2D eigenvalue weighted by Gasteiger charge is 2.11. The van der Waals surface area contributed by atoms with Crippen LogP contribution in [0.3, 0.4) is 0 Å². The maximum absolute atomic E-state index is 8.88. The van der Waals surface area contributed by atoms with Gasteiger partial charge in [-0.2, -0.15) is 5.26 Å². The Kier molecular flexibility index (Phi) is 1.67. The number of aromatic nitrogens is 1. The van der Waals surface area contributed by atoms with Crippen LogP contribution in [0.25, 0.3) is 10.2 Å². The summed E-state index contributed by atoms with van der Waals surface area (Å²) in [6.07, 6.45) is 1.73. The lowest BCUT2D eigenvalue weighted by Gasteiger charge is -1.93. The maximum Gasteiger partial charge on any atom is 0.126 e. The lowest BCUT2D eigenvalue weighted by Crippen LogP contribution is -1.84. The van der Waals surface area contributed by atoms with Crippen molar-refractivity contribution in [1.29, 1.82) is 5.26 Å². The second kappa shape index (κ2) is 2.71. The van der Waals surface area contributed by atoms with Gasteiger partial charge in [0, 0.05) is 11.6 Å². The number of nitrogens with two attached hydrogens (primary N) is 1. The Hall–Kier alpha value is -1.60. The fourth-order valence-electron chi connectivity index (χ4n) is 1.30. The molecule has 0 saturated carbocycles. The average molecular weight is 189 g/mol. The molecule has 0 aliphatic rings. The first-order valence-corrected chi connectivity index (χ1v) is 4.59. The Morgan fingerprint density at radius 2 is 2.38 bits per heavy atom. The number of nitrogens with zero attached hydrogens (tertiary/aromatic N) is 2. The van der Waals surface area contributed by atoms with Crippen molar-refractivity contribution in [1.82, 2.24) is 4.98 Å². The summed E-state index contributed by atoms with van der Waals surface area (Å²) in [5.74, 6) is 0. The highest BCUT2D eigenvalue weighted by molar-refractivity contribution is 7.22. The first-order valence-electron chi connectivity index (χ1n) is 3.77. The predicted molar refractivity (Wildman–Crippen MR) is 53.5 cm³/mol. The van der Waals surface area contributed by atoms with Crippen molar-refractivity contribution in [2.45, 2.75) is 6.92 Å². The molecule has 0 aliphatic heterocycles. The van der Waals surface area contributed by atoms with E-state index < -0.39 is 0 Å². The lowest BCUT2D eigenvalue weighted by atomic mass is 10.1. The Morgan fingerprint density at radius 1 is 1.62 bits per heavy atom. The van der Waals surface area contributed by atoms with Crippen LogP contribution in [0.5, 0.6) is 0 Å². The minimum Gasteiger partial charge on any atom is -0.389 e. The zero-order chi connectivity index (χ0) is 9.42. The first-order chi connectivity index (χ1) is 6.24. The van der Waals surface area contributed by atoms with Gasteiger partial charge in [-0.3, -0.25) is 0 Å². The average Bonchev–Trinajstić information content (AvgIpc) is 2.42. The summed E-state index contributed by atoms with van der Waals surface area (Å²) in [6.45, 7) is 1.96. The molecule has 0 radical (unpaired) electrons. The summed E-state index contributed by atoms with van der Waals surface area (Å²) in [7, 11) is 0. The number of pyridine rings is 1. The van der Waals surface area contributed by atoms with Crippen molar-refractivity contribution in [3.63, 3.8) is 0 Å². The highest BCUT2D eigenvalue weighted by atomic mass is 32.1. The van der Waals surface area contributed by atoms with Crippen LogP contribution in [-0.4, -0.2) is 4.98 Å². The molecule has 0 amide bonds. The largest absolute Gasteiger partial charge is 0.389 e. The third-order valence-electron chi connectivity index (χ3n) is 1.94. The van der Waals surface area contributed by atoms with Crippen LogP contribution in [0.2, 0.25) is 0 Å². The number of anilines is 1. The Bertz CT molecular complexity index is 507. The second-order valence-electron chi connectivity index (χ2n) is 2.76. The van der Waals surface area contributed by atoms with Gasteiger partial charge in [-0.1, -0.05) is 11.3 Å². The smallest absolute Gasteiger partial charge is 0.126 e. The summed E-state index contributed by atoms with van der Waals surface area (Å²) in [6, 6.07) is 3.99. The third kappa shape index (κ3) is 1.05. The number of hydrogen-bond acceptors (Lipinski definition) is 4. The molecule has 2 rings (SSSR count). The van der Waals surface area contributed by atoms with Gasteiger partial charge in [0.2, 0.25) is 0 Å². The van der Waals surface area contributed by atoms with Crippen molar-refractivity contribution in [2.75, 3.05) is 5.73 Å². The molecule has 2 N–H and O–H groups in total. The molecule has 0 bridgehead atoms. The molecule has 3 nitrogen and oxygen atoms in total. The number of hydrogen-bond donors (Lipinski definition) is 1. The summed E-state index contributed by atoms with van der Waals surface area (Å²) in [5.41, 5.74) is 7.30. The number of nitrogen functional groups attached to an aromatic ring is 1. The Balaban J connectivity index is 2.99. The Morgan fingerprint density at radius 3 is 3.08 bits per heavy atom. The maximum atomic E-state index is 8.88. The summed E-state index contributed by atoms with van der Waals surface area (Å²) < 4.78 is 0. The molecule has 0 fully saturated rings. The van der Waals surface area contributed by atoms with E-state index in [9.17, 15) is 0 Å². The van der Waals surface area contributed by atoms with E-state index in [-0.39, 0.29) is 0 Å². The first kappa shape index (κ1) is 8.02. The molecule has 64 valence electrons. The number of aryl methyl sites for hydroxylation is 1. The van der Waals surface area contributed by atoms with E-state index in [1.165, 1.54) is 11.3 Å². The van der Waals surface area contributed by atoms with Gasteiger partial charge in [-0.15, -0.1) is 0 Å². The number of rotatable bonds is 0. The minimum atomic E-state index is 0.555. The molecule has 0 spiro atoms. The van der Waals surface area contributed by atoms with Gasteiger partial charge in [-0.25, -0.2) is 4.98 Å². The molecule has 0 atom stereocenters. The van der Waals surface area contributed by atoms with Gasteiger partial charge in [0.25, 0.3) is 0 Å². The fraction of sp³-hybridized carbons (Fsp3) is 0.111.